The van der Waals surface area contributed by atoms with E-state index in [2.05, 4.69) is 13.8 Å². The van der Waals surface area contributed by atoms with Crippen molar-refractivity contribution in [3.63, 3.8) is 0 Å². The molecule has 0 spiro atoms. The molecule has 0 unspecified atom stereocenters. The molecule has 0 saturated heterocycles. The maximum absolute atomic E-state index is 11.7. The van der Waals surface area contributed by atoms with Gasteiger partial charge in [0.25, 0.3) is 0 Å². The minimum absolute atomic E-state index is 0.157. The number of carbonyl (C=O) groups excluding carboxylic acids is 1. The summed E-state index contributed by atoms with van der Waals surface area (Å²) < 4.78 is 5.25. The van der Waals surface area contributed by atoms with Crippen LogP contribution in [0.4, 0.5) is 0 Å². The molecule has 100 valence electrons. The van der Waals surface area contributed by atoms with Crippen LogP contribution >= 0.6 is 0 Å². The highest BCUT2D eigenvalue weighted by Crippen LogP contribution is 2.15. The Kier molecular flexibility index (Phi) is 6.44. The van der Waals surface area contributed by atoms with E-state index in [1.807, 2.05) is 30.3 Å². The van der Waals surface area contributed by atoms with Crippen LogP contribution in [0, 0.1) is 11.8 Å². The lowest BCUT2D eigenvalue weighted by Gasteiger charge is -2.16. The standard InChI is InChI=1S/C15H23NO2/c1-12(2)8-14(10-16)9-15(17)18-11-13-6-4-3-5-7-13/h3-7,12,14H,8-11,16H2,1-2H3/t14-/m0/s1. The number of rotatable bonds is 7. The van der Waals surface area contributed by atoms with Gasteiger partial charge in [-0.05, 0) is 30.4 Å². The zero-order chi connectivity index (χ0) is 13.4. The van der Waals surface area contributed by atoms with Crippen LogP contribution in [0.1, 0.15) is 32.3 Å². The second-order valence-electron chi connectivity index (χ2n) is 5.08. The van der Waals surface area contributed by atoms with Gasteiger partial charge in [0.2, 0.25) is 0 Å². The predicted octanol–water partition coefficient (Wildman–Crippen LogP) is 2.74. The Labute approximate surface area is 109 Å². The topological polar surface area (TPSA) is 52.3 Å². The van der Waals surface area contributed by atoms with E-state index in [1.54, 1.807) is 0 Å². The van der Waals surface area contributed by atoms with Gasteiger partial charge in [-0.2, -0.15) is 0 Å². The maximum Gasteiger partial charge on any atom is 0.306 e. The number of nitrogens with two attached hydrogens (primary N) is 1. The number of hydrogen-bond acceptors (Lipinski definition) is 3. The molecule has 0 fully saturated rings. The summed E-state index contributed by atoms with van der Waals surface area (Å²) in [5.41, 5.74) is 6.68. The van der Waals surface area contributed by atoms with Crippen molar-refractivity contribution in [1.82, 2.24) is 0 Å². The first kappa shape index (κ1) is 14.7. The van der Waals surface area contributed by atoms with Gasteiger partial charge in [0, 0.05) is 6.42 Å². The van der Waals surface area contributed by atoms with Crippen molar-refractivity contribution < 1.29 is 9.53 Å². The lowest BCUT2D eigenvalue weighted by Crippen LogP contribution is -2.21. The first-order valence-electron chi connectivity index (χ1n) is 6.51. The van der Waals surface area contributed by atoms with Crippen molar-refractivity contribution in [1.29, 1.82) is 0 Å². The highest BCUT2D eigenvalue weighted by molar-refractivity contribution is 5.69. The third-order valence-corrected chi connectivity index (χ3v) is 2.84. The minimum Gasteiger partial charge on any atom is -0.461 e. The van der Waals surface area contributed by atoms with Crippen LogP contribution in [0.2, 0.25) is 0 Å². The first-order chi connectivity index (χ1) is 8.61. The number of carbonyl (C=O) groups is 1. The molecule has 0 aliphatic carbocycles. The molecule has 1 aromatic rings. The van der Waals surface area contributed by atoms with Gasteiger partial charge in [-0.15, -0.1) is 0 Å². The fraction of sp³-hybridized carbons (Fsp3) is 0.533. The monoisotopic (exact) mass is 249 g/mol. The van der Waals surface area contributed by atoms with Crippen LogP contribution in [0.25, 0.3) is 0 Å². The molecular weight excluding hydrogens is 226 g/mol. The molecular formula is C15H23NO2. The summed E-state index contributed by atoms with van der Waals surface area (Å²) in [4.78, 5) is 11.7. The van der Waals surface area contributed by atoms with Gasteiger partial charge in [0.15, 0.2) is 0 Å². The van der Waals surface area contributed by atoms with Crippen molar-refractivity contribution in [2.24, 2.45) is 17.6 Å². The molecule has 3 nitrogen and oxygen atoms in total. The smallest absolute Gasteiger partial charge is 0.306 e. The van der Waals surface area contributed by atoms with Gasteiger partial charge in [0.05, 0.1) is 0 Å². The summed E-state index contributed by atoms with van der Waals surface area (Å²) in [6.45, 7) is 5.16. The van der Waals surface area contributed by atoms with Crippen LogP contribution in [0.15, 0.2) is 30.3 Å². The second kappa shape index (κ2) is 7.88. The van der Waals surface area contributed by atoms with Crippen molar-refractivity contribution in [2.75, 3.05) is 6.54 Å². The summed E-state index contributed by atoms with van der Waals surface area (Å²) in [6, 6.07) is 9.71. The summed E-state index contributed by atoms with van der Waals surface area (Å²) in [5, 5.41) is 0. The van der Waals surface area contributed by atoms with Crippen molar-refractivity contribution in [3.8, 4) is 0 Å². The Bertz CT molecular complexity index is 349. The summed E-state index contributed by atoms with van der Waals surface area (Å²) in [6.07, 6.45) is 1.39. The lowest BCUT2D eigenvalue weighted by molar-refractivity contribution is -0.146. The van der Waals surface area contributed by atoms with E-state index < -0.39 is 0 Å². The van der Waals surface area contributed by atoms with E-state index in [4.69, 9.17) is 10.5 Å². The Morgan fingerprint density at radius 2 is 1.94 bits per heavy atom. The molecule has 0 radical (unpaired) electrons. The molecule has 0 amide bonds. The average Bonchev–Trinajstić information content (AvgIpc) is 2.36. The number of hydrogen-bond donors (Lipinski definition) is 1. The van der Waals surface area contributed by atoms with Crippen molar-refractivity contribution in [2.45, 2.75) is 33.3 Å². The quantitative estimate of drug-likeness (QED) is 0.756. The van der Waals surface area contributed by atoms with Crippen molar-refractivity contribution in [3.05, 3.63) is 35.9 Å². The van der Waals surface area contributed by atoms with Gasteiger partial charge < -0.3 is 10.5 Å². The molecule has 18 heavy (non-hydrogen) atoms. The largest absolute Gasteiger partial charge is 0.461 e. The number of ether oxygens (including phenoxy) is 1. The van der Waals surface area contributed by atoms with Crippen LogP contribution in [0.3, 0.4) is 0 Å². The van der Waals surface area contributed by atoms with E-state index in [0.29, 0.717) is 25.5 Å². The summed E-state index contributed by atoms with van der Waals surface area (Å²) in [7, 11) is 0. The molecule has 0 heterocycles. The van der Waals surface area contributed by atoms with E-state index >= 15 is 0 Å². The molecule has 2 N–H and O–H groups in total. The third kappa shape index (κ3) is 5.82. The summed E-state index contributed by atoms with van der Waals surface area (Å²) in [5.74, 6) is 0.628. The molecule has 0 aliphatic heterocycles. The number of benzene rings is 1. The molecule has 1 atom stereocenters. The summed E-state index contributed by atoms with van der Waals surface area (Å²) >= 11 is 0. The van der Waals surface area contributed by atoms with Crippen LogP contribution < -0.4 is 5.73 Å². The SMILES string of the molecule is CC(C)C[C@H](CN)CC(=O)OCc1ccccc1. The fourth-order valence-corrected chi connectivity index (χ4v) is 1.96. The van der Waals surface area contributed by atoms with Crippen molar-refractivity contribution >= 4 is 5.97 Å². The van der Waals surface area contributed by atoms with Crippen LogP contribution in [-0.2, 0) is 16.1 Å². The van der Waals surface area contributed by atoms with E-state index in [-0.39, 0.29) is 11.9 Å². The molecule has 3 heteroatoms. The highest BCUT2D eigenvalue weighted by Gasteiger charge is 2.15. The molecule has 0 saturated carbocycles. The predicted molar refractivity (Wildman–Crippen MR) is 72.9 cm³/mol. The molecule has 1 aromatic carbocycles. The van der Waals surface area contributed by atoms with Gasteiger partial charge in [0.1, 0.15) is 6.61 Å². The third-order valence-electron chi connectivity index (χ3n) is 2.84. The lowest BCUT2D eigenvalue weighted by atomic mass is 9.94. The molecule has 0 aromatic heterocycles. The zero-order valence-electron chi connectivity index (χ0n) is 11.3. The Balaban J connectivity index is 2.32. The molecule has 0 aliphatic rings. The van der Waals surface area contributed by atoms with E-state index in [1.165, 1.54) is 0 Å². The zero-order valence-corrected chi connectivity index (χ0v) is 11.3. The van der Waals surface area contributed by atoms with Crippen LogP contribution in [-0.4, -0.2) is 12.5 Å². The normalized spacial score (nSPS) is 12.4. The number of esters is 1. The van der Waals surface area contributed by atoms with Gasteiger partial charge >= 0.3 is 5.97 Å². The van der Waals surface area contributed by atoms with E-state index in [9.17, 15) is 4.79 Å². The second-order valence-corrected chi connectivity index (χ2v) is 5.08. The van der Waals surface area contributed by atoms with E-state index in [0.717, 1.165) is 12.0 Å². The van der Waals surface area contributed by atoms with Gasteiger partial charge in [-0.1, -0.05) is 44.2 Å². The van der Waals surface area contributed by atoms with Gasteiger partial charge in [-0.3, -0.25) is 4.79 Å². The minimum atomic E-state index is -0.157. The Hall–Kier alpha value is -1.35. The maximum atomic E-state index is 11.7. The Morgan fingerprint density at radius 1 is 1.28 bits per heavy atom. The highest BCUT2D eigenvalue weighted by atomic mass is 16.5. The fourth-order valence-electron chi connectivity index (χ4n) is 1.96. The first-order valence-corrected chi connectivity index (χ1v) is 6.51. The molecule has 1 rings (SSSR count). The Morgan fingerprint density at radius 3 is 2.50 bits per heavy atom. The molecule has 0 bridgehead atoms. The average molecular weight is 249 g/mol. The van der Waals surface area contributed by atoms with Crippen LogP contribution in [0.5, 0.6) is 0 Å². The van der Waals surface area contributed by atoms with Gasteiger partial charge in [-0.25, -0.2) is 0 Å².